The molecule has 0 bridgehead atoms. The zero-order valence-electron chi connectivity index (χ0n) is 12.2. The van der Waals surface area contributed by atoms with Crippen LogP contribution in [0.2, 0.25) is 0 Å². The summed E-state index contributed by atoms with van der Waals surface area (Å²) in [5.41, 5.74) is 5.07. The number of allylic oxidation sites excluding steroid dienone is 3. The van der Waals surface area contributed by atoms with Crippen LogP contribution in [0.4, 0.5) is 0 Å². The minimum Gasteiger partial charge on any atom is -0.310 e. The number of rotatable bonds is 1. The summed E-state index contributed by atoms with van der Waals surface area (Å²) in [6, 6.07) is 0.464. The van der Waals surface area contributed by atoms with Crippen LogP contribution in [-0.4, -0.2) is 24.2 Å². The Kier molecular flexibility index (Phi) is 2.59. The predicted octanol–water partition coefficient (Wildman–Crippen LogP) is 2.18. The van der Waals surface area contributed by atoms with Crippen LogP contribution in [0.5, 0.6) is 0 Å². The Hall–Kier alpha value is -1.22. The van der Waals surface area contributed by atoms with E-state index in [2.05, 4.69) is 5.32 Å². The molecule has 3 heteroatoms. The Morgan fingerprint density at radius 1 is 1.20 bits per heavy atom. The number of carbonyl (C=O) groups excluding carboxylic acids is 2. The van der Waals surface area contributed by atoms with Crippen LogP contribution in [-0.2, 0) is 9.59 Å². The molecule has 4 rings (SSSR count). The van der Waals surface area contributed by atoms with Crippen LogP contribution in [0.1, 0.15) is 39.5 Å². The van der Waals surface area contributed by atoms with Crippen LogP contribution >= 0.6 is 0 Å². The highest BCUT2D eigenvalue weighted by Gasteiger charge is 2.47. The zero-order valence-corrected chi connectivity index (χ0v) is 12.2. The third-order valence-corrected chi connectivity index (χ3v) is 5.72. The van der Waals surface area contributed by atoms with Gasteiger partial charge in [-0.15, -0.1) is 0 Å². The van der Waals surface area contributed by atoms with Crippen molar-refractivity contribution in [2.24, 2.45) is 17.8 Å². The van der Waals surface area contributed by atoms with E-state index in [0.29, 0.717) is 17.7 Å². The number of hydrogen-bond donors (Lipinski definition) is 1. The fourth-order valence-electron chi connectivity index (χ4n) is 4.82. The van der Waals surface area contributed by atoms with Crippen LogP contribution in [0.25, 0.3) is 0 Å². The lowest BCUT2D eigenvalue weighted by Gasteiger charge is -2.35. The highest BCUT2D eigenvalue weighted by Crippen LogP contribution is 2.51. The van der Waals surface area contributed by atoms with Crippen molar-refractivity contribution in [1.29, 1.82) is 0 Å². The summed E-state index contributed by atoms with van der Waals surface area (Å²) in [6.07, 6.45) is 3.78. The van der Waals surface area contributed by atoms with Gasteiger partial charge in [-0.1, -0.05) is 6.92 Å². The molecule has 106 valence electrons. The van der Waals surface area contributed by atoms with Gasteiger partial charge in [0.2, 0.25) is 0 Å². The Labute approximate surface area is 119 Å². The molecule has 0 radical (unpaired) electrons. The summed E-state index contributed by atoms with van der Waals surface area (Å²) < 4.78 is 0. The zero-order chi connectivity index (χ0) is 14.0. The van der Waals surface area contributed by atoms with Crippen molar-refractivity contribution in [2.75, 3.05) is 6.54 Å². The van der Waals surface area contributed by atoms with Gasteiger partial charge in [-0.05, 0) is 60.8 Å². The van der Waals surface area contributed by atoms with E-state index in [1.165, 1.54) is 16.7 Å². The Morgan fingerprint density at radius 2 is 2.00 bits per heavy atom. The maximum Gasteiger partial charge on any atom is 0.162 e. The van der Waals surface area contributed by atoms with Crippen LogP contribution in [0, 0.1) is 17.8 Å². The maximum atomic E-state index is 12.4. The summed E-state index contributed by atoms with van der Waals surface area (Å²) in [6.45, 7) is 4.72. The summed E-state index contributed by atoms with van der Waals surface area (Å²) in [5, 5.41) is 3.60. The summed E-state index contributed by atoms with van der Waals surface area (Å²) in [5.74, 6) is 1.24. The maximum absolute atomic E-state index is 12.4. The van der Waals surface area contributed by atoms with E-state index >= 15 is 0 Å². The van der Waals surface area contributed by atoms with Crippen molar-refractivity contribution >= 4 is 11.6 Å². The standard InChI is InChI=1S/C17H21NO2/c1-8-5-12-13(17(8)20)6-10-7-18-14-4-3-11(9(2)19)16(12)15(10)14/h8,10-11,14,18H,3-7H2,1-2H3. The van der Waals surface area contributed by atoms with Gasteiger partial charge in [-0.3, -0.25) is 9.59 Å². The molecule has 0 saturated carbocycles. The molecule has 1 heterocycles. The SMILES string of the molecule is CC(=O)C1CCC2NCC3CC4=C(CC(C)C4=O)C1=C32. The first-order chi connectivity index (χ1) is 9.58. The Morgan fingerprint density at radius 3 is 2.75 bits per heavy atom. The smallest absolute Gasteiger partial charge is 0.162 e. The highest BCUT2D eigenvalue weighted by molar-refractivity contribution is 6.02. The van der Waals surface area contributed by atoms with Crippen molar-refractivity contribution in [3.05, 3.63) is 22.3 Å². The molecule has 0 aromatic carbocycles. The molecule has 1 aliphatic heterocycles. The molecule has 1 saturated heterocycles. The predicted molar refractivity (Wildman–Crippen MR) is 76.1 cm³/mol. The second-order valence-corrected chi connectivity index (χ2v) is 6.90. The lowest BCUT2D eigenvalue weighted by Crippen LogP contribution is -2.33. The van der Waals surface area contributed by atoms with E-state index < -0.39 is 0 Å². The molecule has 3 aliphatic carbocycles. The summed E-state index contributed by atoms with van der Waals surface area (Å²) in [7, 11) is 0. The molecule has 0 aromatic rings. The first-order valence-electron chi connectivity index (χ1n) is 7.82. The molecule has 20 heavy (non-hydrogen) atoms. The average molecular weight is 271 g/mol. The molecule has 0 aromatic heterocycles. The lowest BCUT2D eigenvalue weighted by molar-refractivity contribution is -0.120. The lowest BCUT2D eigenvalue weighted by atomic mass is 9.68. The van der Waals surface area contributed by atoms with E-state index in [4.69, 9.17) is 0 Å². The van der Waals surface area contributed by atoms with Crippen molar-refractivity contribution in [2.45, 2.75) is 45.6 Å². The molecular formula is C17H21NO2. The Balaban J connectivity index is 1.89. The highest BCUT2D eigenvalue weighted by atomic mass is 16.1. The van der Waals surface area contributed by atoms with Crippen molar-refractivity contribution in [3.63, 3.8) is 0 Å². The number of nitrogens with one attached hydrogen (secondary N) is 1. The minimum absolute atomic E-state index is 0.0482. The van der Waals surface area contributed by atoms with Gasteiger partial charge in [0.05, 0.1) is 0 Å². The molecule has 4 unspecified atom stereocenters. The molecule has 0 amide bonds. The van der Waals surface area contributed by atoms with Gasteiger partial charge >= 0.3 is 0 Å². The van der Waals surface area contributed by atoms with Gasteiger partial charge in [-0.2, -0.15) is 0 Å². The van der Waals surface area contributed by atoms with Gasteiger partial charge in [0.25, 0.3) is 0 Å². The number of Topliss-reactive ketones (excluding diaryl/α,β-unsaturated/α-hetero) is 2. The second-order valence-electron chi connectivity index (χ2n) is 6.90. The number of hydrogen-bond acceptors (Lipinski definition) is 3. The minimum atomic E-state index is 0.0482. The van der Waals surface area contributed by atoms with Gasteiger partial charge in [0, 0.05) is 24.4 Å². The first-order valence-corrected chi connectivity index (χ1v) is 7.82. The van der Waals surface area contributed by atoms with Crippen LogP contribution < -0.4 is 5.32 Å². The second kappa shape index (κ2) is 4.14. The molecule has 4 atom stereocenters. The van der Waals surface area contributed by atoms with Crippen molar-refractivity contribution < 1.29 is 9.59 Å². The fourth-order valence-corrected chi connectivity index (χ4v) is 4.82. The normalized spacial score (nSPS) is 39.2. The van der Waals surface area contributed by atoms with E-state index in [0.717, 1.165) is 37.8 Å². The topological polar surface area (TPSA) is 46.2 Å². The van der Waals surface area contributed by atoms with Crippen LogP contribution in [0.3, 0.4) is 0 Å². The molecule has 1 fully saturated rings. The van der Waals surface area contributed by atoms with E-state index in [9.17, 15) is 9.59 Å². The van der Waals surface area contributed by atoms with Gasteiger partial charge in [-0.25, -0.2) is 0 Å². The molecule has 4 aliphatic rings. The average Bonchev–Trinajstić information content (AvgIpc) is 2.95. The number of fused-ring (bicyclic) bond motifs is 1. The first kappa shape index (κ1) is 12.5. The number of ketones is 2. The van der Waals surface area contributed by atoms with E-state index in [1.54, 1.807) is 6.92 Å². The van der Waals surface area contributed by atoms with E-state index in [1.807, 2.05) is 6.92 Å². The Bertz CT molecular complexity index is 584. The monoisotopic (exact) mass is 271 g/mol. The van der Waals surface area contributed by atoms with Gasteiger partial charge < -0.3 is 5.32 Å². The summed E-state index contributed by atoms with van der Waals surface area (Å²) >= 11 is 0. The van der Waals surface area contributed by atoms with Crippen molar-refractivity contribution in [3.8, 4) is 0 Å². The molecule has 0 spiro atoms. The fraction of sp³-hybridized carbons (Fsp3) is 0.647. The number of carbonyl (C=O) groups is 2. The molecular weight excluding hydrogens is 250 g/mol. The third-order valence-electron chi connectivity index (χ3n) is 5.72. The van der Waals surface area contributed by atoms with Gasteiger partial charge in [0.15, 0.2) is 5.78 Å². The van der Waals surface area contributed by atoms with E-state index in [-0.39, 0.29) is 17.6 Å². The molecule has 3 nitrogen and oxygen atoms in total. The molecule has 1 N–H and O–H groups in total. The van der Waals surface area contributed by atoms with Crippen molar-refractivity contribution in [1.82, 2.24) is 5.32 Å². The van der Waals surface area contributed by atoms with Gasteiger partial charge in [0.1, 0.15) is 5.78 Å². The quantitative estimate of drug-likeness (QED) is 0.795. The third kappa shape index (κ3) is 1.50. The summed E-state index contributed by atoms with van der Waals surface area (Å²) in [4.78, 5) is 24.5. The van der Waals surface area contributed by atoms with Crippen LogP contribution in [0.15, 0.2) is 22.3 Å². The largest absolute Gasteiger partial charge is 0.310 e.